The van der Waals surface area contributed by atoms with Crippen molar-refractivity contribution in [2.24, 2.45) is 5.73 Å². The molecule has 0 radical (unpaired) electrons. The van der Waals surface area contributed by atoms with Crippen molar-refractivity contribution in [1.82, 2.24) is 0 Å². The summed E-state index contributed by atoms with van der Waals surface area (Å²) in [5, 5.41) is 0. The molecule has 2 aromatic rings. The highest BCUT2D eigenvalue weighted by Crippen LogP contribution is 2.29. The molecule has 0 aliphatic rings. The van der Waals surface area contributed by atoms with Crippen LogP contribution in [0.5, 0.6) is 0 Å². The molecule has 0 atom stereocenters. The molecule has 0 saturated heterocycles. The lowest BCUT2D eigenvalue weighted by Crippen LogP contribution is -2.13. The van der Waals surface area contributed by atoms with Gasteiger partial charge in [0.2, 0.25) is 0 Å². The van der Waals surface area contributed by atoms with Crippen LogP contribution in [0.3, 0.4) is 0 Å². The average molecular weight is 244 g/mol. The van der Waals surface area contributed by atoms with Crippen molar-refractivity contribution in [2.75, 3.05) is 5.73 Å². The lowest BCUT2D eigenvalue weighted by Gasteiger charge is -2.05. The molecule has 2 aromatic carbocycles. The third-order valence-corrected chi connectivity index (χ3v) is 3.27. The molecular formula is C13H12N2OS. The molecule has 0 aromatic heterocycles. The van der Waals surface area contributed by atoms with Crippen molar-refractivity contribution in [2.45, 2.75) is 9.79 Å². The van der Waals surface area contributed by atoms with Crippen LogP contribution in [-0.2, 0) is 0 Å². The monoisotopic (exact) mass is 244 g/mol. The molecule has 17 heavy (non-hydrogen) atoms. The van der Waals surface area contributed by atoms with E-state index >= 15 is 0 Å². The van der Waals surface area contributed by atoms with Gasteiger partial charge in [-0.25, -0.2) is 0 Å². The van der Waals surface area contributed by atoms with Gasteiger partial charge >= 0.3 is 0 Å². The molecule has 1 amide bonds. The number of nitrogen functional groups attached to an aromatic ring is 1. The largest absolute Gasteiger partial charge is 0.398 e. The third-order valence-electron chi connectivity index (χ3n) is 2.27. The summed E-state index contributed by atoms with van der Waals surface area (Å²) >= 11 is 1.56. The highest BCUT2D eigenvalue weighted by atomic mass is 32.2. The van der Waals surface area contributed by atoms with Crippen LogP contribution in [-0.4, -0.2) is 5.91 Å². The van der Waals surface area contributed by atoms with E-state index in [0.29, 0.717) is 11.3 Å². The predicted octanol–water partition coefficient (Wildman–Crippen LogP) is 2.52. The highest BCUT2D eigenvalue weighted by molar-refractivity contribution is 7.99. The van der Waals surface area contributed by atoms with Crippen LogP contribution in [0.15, 0.2) is 58.3 Å². The Kier molecular flexibility index (Phi) is 3.35. The van der Waals surface area contributed by atoms with Crippen LogP contribution >= 0.6 is 11.8 Å². The van der Waals surface area contributed by atoms with Gasteiger partial charge in [-0.05, 0) is 30.3 Å². The van der Waals surface area contributed by atoms with Gasteiger partial charge in [-0.1, -0.05) is 30.0 Å². The van der Waals surface area contributed by atoms with Crippen molar-refractivity contribution >= 4 is 23.4 Å². The first kappa shape index (κ1) is 11.5. The van der Waals surface area contributed by atoms with Crippen LogP contribution < -0.4 is 11.5 Å². The first-order chi connectivity index (χ1) is 8.16. The van der Waals surface area contributed by atoms with Gasteiger partial charge in [-0.2, -0.15) is 0 Å². The van der Waals surface area contributed by atoms with E-state index in [0.717, 1.165) is 9.79 Å². The molecule has 4 N–H and O–H groups in total. The van der Waals surface area contributed by atoms with E-state index in [-0.39, 0.29) is 0 Å². The van der Waals surface area contributed by atoms with E-state index in [1.807, 2.05) is 36.4 Å². The Bertz CT molecular complexity index is 540. The van der Waals surface area contributed by atoms with E-state index < -0.39 is 5.91 Å². The molecule has 3 nitrogen and oxygen atoms in total. The molecule has 0 aliphatic heterocycles. The smallest absolute Gasteiger partial charge is 0.250 e. The van der Waals surface area contributed by atoms with Crippen LogP contribution in [0.2, 0.25) is 0 Å². The van der Waals surface area contributed by atoms with Gasteiger partial charge in [-0.15, -0.1) is 0 Å². The zero-order valence-electron chi connectivity index (χ0n) is 9.09. The van der Waals surface area contributed by atoms with E-state index in [2.05, 4.69) is 0 Å². The molecule has 0 saturated carbocycles. The fraction of sp³-hybridized carbons (Fsp3) is 0. The van der Waals surface area contributed by atoms with Crippen LogP contribution in [0.25, 0.3) is 0 Å². The van der Waals surface area contributed by atoms with Gasteiger partial charge in [0.05, 0.1) is 5.56 Å². The Morgan fingerprint density at radius 2 is 1.71 bits per heavy atom. The topological polar surface area (TPSA) is 69.1 Å². The molecule has 4 heteroatoms. The van der Waals surface area contributed by atoms with Crippen molar-refractivity contribution < 1.29 is 4.79 Å². The fourth-order valence-electron chi connectivity index (χ4n) is 1.44. The van der Waals surface area contributed by atoms with Gasteiger partial charge in [0, 0.05) is 15.5 Å². The second-order valence-corrected chi connectivity index (χ2v) is 4.68. The number of benzene rings is 2. The van der Waals surface area contributed by atoms with E-state index in [9.17, 15) is 4.79 Å². The second kappa shape index (κ2) is 4.93. The summed E-state index contributed by atoms with van der Waals surface area (Å²) in [7, 11) is 0. The maximum Gasteiger partial charge on any atom is 0.250 e. The molecule has 86 valence electrons. The number of nitrogens with two attached hydrogens (primary N) is 2. The summed E-state index contributed by atoms with van der Waals surface area (Å²) < 4.78 is 0. The third kappa shape index (κ3) is 2.79. The number of rotatable bonds is 3. The molecule has 0 aliphatic carbocycles. The Morgan fingerprint density at radius 3 is 2.35 bits per heavy atom. The van der Waals surface area contributed by atoms with Crippen molar-refractivity contribution in [3.05, 3.63) is 54.1 Å². The summed E-state index contributed by atoms with van der Waals surface area (Å²) in [4.78, 5) is 13.2. The Balaban J connectivity index is 2.29. The number of hydrogen-bond acceptors (Lipinski definition) is 3. The summed E-state index contributed by atoms with van der Waals surface area (Å²) in [6.45, 7) is 0. The van der Waals surface area contributed by atoms with Gasteiger partial charge in [0.15, 0.2) is 0 Å². The van der Waals surface area contributed by atoms with Crippen molar-refractivity contribution in [1.29, 1.82) is 0 Å². The summed E-state index contributed by atoms with van der Waals surface area (Å²) in [5.41, 5.74) is 11.7. The molecular weight excluding hydrogens is 232 g/mol. The van der Waals surface area contributed by atoms with Crippen molar-refractivity contribution in [3.8, 4) is 0 Å². The Hall–Kier alpha value is -1.94. The Labute approximate surface area is 104 Å². The highest BCUT2D eigenvalue weighted by Gasteiger charge is 2.07. The minimum Gasteiger partial charge on any atom is -0.398 e. The second-order valence-electron chi connectivity index (χ2n) is 3.53. The minimum atomic E-state index is -0.502. The standard InChI is InChI=1S/C13H12N2OS/c14-12-7-6-10(8-11(12)13(15)16)17-9-4-2-1-3-5-9/h1-8H,14H2,(H2,15,16). The molecule has 0 unspecified atom stereocenters. The molecule has 0 fully saturated rings. The van der Waals surface area contributed by atoms with Gasteiger partial charge in [-0.3, -0.25) is 4.79 Å². The molecule has 2 rings (SSSR count). The SMILES string of the molecule is NC(=O)c1cc(Sc2ccccc2)ccc1N. The van der Waals surface area contributed by atoms with Gasteiger partial charge in [0.25, 0.3) is 5.91 Å². The number of amides is 1. The van der Waals surface area contributed by atoms with Crippen LogP contribution in [0, 0.1) is 0 Å². The van der Waals surface area contributed by atoms with Gasteiger partial charge in [0.1, 0.15) is 0 Å². The molecule has 0 spiro atoms. The first-order valence-electron chi connectivity index (χ1n) is 5.09. The van der Waals surface area contributed by atoms with E-state index in [4.69, 9.17) is 11.5 Å². The minimum absolute atomic E-state index is 0.367. The number of primary amides is 1. The number of carbonyl (C=O) groups is 1. The zero-order valence-corrected chi connectivity index (χ0v) is 9.91. The first-order valence-corrected chi connectivity index (χ1v) is 5.90. The maximum atomic E-state index is 11.2. The van der Waals surface area contributed by atoms with Crippen LogP contribution in [0.1, 0.15) is 10.4 Å². The van der Waals surface area contributed by atoms with Crippen LogP contribution in [0.4, 0.5) is 5.69 Å². The van der Waals surface area contributed by atoms with E-state index in [1.165, 1.54) is 0 Å². The van der Waals surface area contributed by atoms with Gasteiger partial charge < -0.3 is 11.5 Å². The number of carbonyl (C=O) groups excluding carboxylic acids is 1. The lowest BCUT2D eigenvalue weighted by molar-refractivity contribution is 0.100. The summed E-state index contributed by atoms with van der Waals surface area (Å²) in [6, 6.07) is 15.2. The number of hydrogen-bond donors (Lipinski definition) is 2. The summed E-state index contributed by atoms with van der Waals surface area (Å²) in [5.74, 6) is -0.502. The quantitative estimate of drug-likeness (QED) is 0.815. The van der Waals surface area contributed by atoms with Crippen molar-refractivity contribution in [3.63, 3.8) is 0 Å². The molecule has 0 bridgehead atoms. The normalized spacial score (nSPS) is 10.1. The average Bonchev–Trinajstić information content (AvgIpc) is 2.32. The van der Waals surface area contributed by atoms with E-state index in [1.54, 1.807) is 23.9 Å². The maximum absolute atomic E-state index is 11.2. The molecule has 0 heterocycles. The number of anilines is 1. The predicted molar refractivity (Wildman–Crippen MR) is 69.9 cm³/mol. The lowest BCUT2D eigenvalue weighted by atomic mass is 10.2. The fourth-order valence-corrected chi connectivity index (χ4v) is 2.32. The zero-order chi connectivity index (χ0) is 12.3. The summed E-state index contributed by atoms with van der Waals surface area (Å²) in [6.07, 6.45) is 0. The Morgan fingerprint density at radius 1 is 1.00 bits per heavy atom.